The predicted octanol–water partition coefficient (Wildman–Crippen LogP) is 2.18. The maximum atomic E-state index is 3.63. The predicted molar refractivity (Wildman–Crippen MR) is 85.0 cm³/mol. The van der Waals surface area contributed by atoms with Gasteiger partial charge in [-0.3, -0.25) is 0 Å². The summed E-state index contributed by atoms with van der Waals surface area (Å²) in [4.78, 5) is 5.46. The van der Waals surface area contributed by atoms with Crippen LogP contribution in [-0.4, -0.2) is 62.2 Å². The van der Waals surface area contributed by atoms with Gasteiger partial charge in [0.25, 0.3) is 0 Å². The maximum Gasteiger partial charge on any atom is 0.0110 e. The van der Waals surface area contributed by atoms with E-state index >= 15 is 0 Å². The van der Waals surface area contributed by atoms with Crippen molar-refractivity contribution in [2.24, 2.45) is 11.3 Å². The van der Waals surface area contributed by atoms with Gasteiger partial charge in [-0.25, -0.2) is 0 Å². The summed E-state index contributed by atoms with van der Waals surface area (Å²) < 4.78 is 0. The van der Waals surface area contributed by atoms with Gasteiger partial charge in [0.2, 0.25) is 0 Å². The number of rotatable bonds is 7. The highest BCUT2D eigenvalue weighted by Crippen LogP contribution is 2.38. The van der Waals surface area contributed by atoms with Gasteiger partial charge in [0.1, 0.15) is 0 Å². The molecule has 3 heteroatoms. The average Bonchev–Trinajstić information content (AvgIpc) is 3.16. The van der Waals surface area contributed by atoms with E-state index < -0.39 is 0 Å². The number of nitrogens with zero attached hydrogens (tertiary/aromatic N) is 2. The van der Waals surface area contributed by atoms with Crippen LogP contribution in [0.4, 0.5) is 0 Å². The first-order valence-electron chi connectivity index (χ1n) is 8.95. The highest BCUT2D eigenvalue weighted by molar-refractivity contribution is 4.91. The molecule has 0 aromatic heterocycles. The lowest BCUT2D eigenvalue weighted by molar-refractivity contribution is 0.0832. The zero-order chi connectivity index (χ0) is 13.8. The summed E-state index contributed by atoms with van der Waals surface area (Å²) in [6.45, 7) is 12.6. The maximum absolute atomic E-state index is 3.63. The van der Waals surface area contributed by atoms with Gasteiger partial charge in [0, 0.05) is 45.8 Å². The van der Waals surface area contributed by atoms with E-state index in [0.29, 0.717) is 5.41 Å². The molecule has 1 aliphatic heterocycles. The fourth-order valence-electron chi connectivity index (χ4n) is 4.18. The van der Waals surface area contributed by atoms with Crippen molar-refractivity contribution in [2.75, 3.05) is 52.4 Å². The van der Waals surface area contributed by atoms with Gasteiger partial charge in [-0.1, -0.05) is 19.8 Å². The first-order chi connectivity index (χ1) is 9.80. The van der Waals surface area contributed by atoms with Crippen molar-refractivity contribution in [1.29, 1.82) is 0 Å². The van der Waals surface area contributed by atoms with Gasteiger partial charge in [0.15, 0.2) is 0 Å². The molecule has 0 amide bonds. The first kappa shape index (κ1) is 14.8. The van der Waals surface area contributed by atoms with Gasteiger partial charge in [-0.2, -0.15) is 0 Å². The Balaban J connectivity index is 1.44. The minimum absolute atomic E-state index is 0.592. The lowest BCUT2D eigenvalue weighted by Gasteiger charge is -2.40. The van der Waals surface area contributed by atoms with Gasteiger partial charge < -0.3 is 15.1 Å². The normalized spacial score (nSPS) is 28.1. The fraction of sp³-hybridized carbons (Fsp3) is 1.00. The van der Waals surface area contributed by atoms with Crippen LogP contribution in [0.2, 0.25) is 0 Å². The Hall–Kier alpha value is -0.120. The van der Waals surface area contributed by atoms with E-state index in [4.69, 9.17) is 0 Å². The minimum atomic E-state index is 0.592. The second kappa shape index (κ2) is 6.76. The van der Waals surface area contributed by atoms with Crippen molar-refractivity contribution in [3.8, 4) is 0 Å². The third-order valence-corrected chi connectivity index (χ3v) is 5.65. The molecule has 0 unspecified atom stereocenters. The van der Waals surface area contributed by atoms with Crippen molar-refractivity contribution in [2.45, 2.75) is 45.4 Å². The van der Waals surface area contributed by atoms with E-state index in [2.05, 4.69) is 22.0 Å². The Labute approximate surface area is 125 Å². The number of hydrogen-bond acceptors (Lipinski definition) is 3. The zero-order valence-corrected chi connectivity index (χ0v) is 13.4. The second-order valence-electron chi connectivity index (χ2n) is 7.51. The van der Waals surface area contributed by atoms with Crippen LogP contribution in [0.1, 0.15) is 45.4 Å². The van der Waals surface area contributed by atoms with Crippen LogP contribution in [0.15, 0.2) is 0 Å². The molecule has 3 nitrogen and oxygen atoms in total. The van der Waals surface area contributed by atoms with Crippen LogP contribution in [0.3, 0.4) is 0 Å². The van der Waals surface area contributed by atoms with Gasteiger partial charge in [-0.15, -0.1) is 0 Å². The standard InChI is InChI=1S/C17H33N3/c1-2-18-14-17(7-3-4-8-17)15-20-11-9-19(10-12-20)13-16-5-6-16/h16,18H,2-15H2,1H3. The van der Waals surface area contributed by atoms with Crippen LogP contribution in [0.25, 0.3) is 0 Å². The molecule has 1 heterocycles. The molecule has 3 aliphatic rings. The molecule has 1 N–H and O–H groups in total. The number of nitrogens with one attached hydrogen (secondary N) is 1. The van der Waals surface area contributed by atoms with E-state index in [0.717, 1.165) is 12.5 Å². The van der Waals surface area contributed by atoms with Crippen LogP contribution in [0, 0.1) is 11.3 Å². The Morgan fingerprint density at radius 1 is 1.00 bits per heavy atom. The second-order valence-corrected chi connectivity index (χ2v) is 7.51. The summed E-state index contributed by atoms with van der Waals surface area (Å²) in [7, 11) is 0. The molecule has 116 valence electrons. The molecule has 0 spiro atoms. The number of hydrogen-bond donors (Lipinski definition) is 1. The molecule has 0 atom stereocenters. The molecule has 2 saturated carbocycles. The Morgan fingerprint density at radius 3 is 2.25 bits per heavy atom. The van der Waals surface area contributed by atoms with Crippen LogP contribution in [-0.2, 0) is 0 Å². The van der Waals surface area contributed by atoms with Gasteiger partial charge in [0.05, 0.1) is 0 Å². The molecule has 0 radical (unpaired) electrons. The van der Waals surface area contributed by atoms with Crippen LogP contribution >= 0.6 is 0 Å². The summed E-state index contributed by atoms with van der Waals surface area (Å²) in [5.74, 6) is 1.05. The molecular formula is C17H33N3. The van der Waals surface area contributed by atoms with E-state index in [1.807, 2.05) is 0 Å². The summed E-state index contributed by atoms with van der Waals surface area (Å²) in [5, 5.41) is 3.63. The van der Waals surface area contributed by atoms with Crippen molar-refractivity contribution < 1.29 is 0 Å². The lowest BCUT2D eigenvalue weighted by Crippen LogP contribution is -2.51. The molecule has 0 aromatic carbocycles. The van der Waals surface area contributed by atoms with Crippen molar-refractivity contribution in [3.63, 3.8) is 0 Å². The molecule has 1 saturated heterocycles. The monoisotopic (exact) mass is 279 g/mol. The first-order valence-corrected chi connectivity index (χ1v) is 8.95. The van der Waals surface area contributed by atoms with E-state index in [9.17, 15) is 0 Å². The summed E-state index contributed by atoms with van der Waals surface area (Å²) >= 11 is 0. The fourth-order valence-corrected chi connectivity index (χ4v) is 4.18. The topological polar surface area (TPSA) is 18.5 Å². The third-order valence-electron chi connectivity index (χ3n) is 5.65. The van der Waals surface area contributed by atoms with Crippen LogP contribution < -0.4 is 5.32 Å². The largest absolute Gasteiger partial charge is 0.316 e. The van der Waals surface area contributed by atoms with Crippen molar-refractivity contribution in [3.05, 3.63) is 0 Å². The van der Waals surface area contributed by atoms with Crippen molar-refractivity contribution >= 4 is 0 Å². The molecule has 3 rings (SSSR count). The molecule has 20 heavy (non-hydrogen) atoms. The van der Waals surface area contributed by atoms with Crippen LogP contribution in [0.5, 0.6) is 0 Å². The molecule has 0 bridgehead atoms. The Morgan fingerprint density at radius 2 is 1.65 bits per heavy atom. The highest BCUT2D eigenvalue weighted by Gasteiger charge is 2.36. The van der Waals surface area contributed by atoms with Crippen molar-refractivity contribution in [1.82, 2.24) is 15.1 Å². The third kappa shape index (κ3) is 3.96. The van der Waals surface area contributed by atoms with E-state index in [1.54, 1.807) is 0 Å². The van der Waals surface area contributed by atoms with Gasteiger partial charge >= 0.3 is 0 Å². The molecule has 2 aliphatic carbocycles. The quantitative estimate of drug-likeness (QED) is 0.770. The molecule has 0 aromatic rings. The molecular weight excluding hydrogens is 246 g/mol. The highest BCUT2D eigenvalue weighted by atomic mass is 15.3. The molecule has 3 fully saturated rings. The summed E-state index contributed by atoms with van der Waals surface area (Å²) in [6, 6.07) is 0. The zero-order valence-electron chi connectivity index (χ0n) is 13.4. The number of piperazine rings is 1. The average molecular weight is 279 g/mol. The summed E-state index contributed by atoms with van der Waals surface area (Å²) in [6.07, 6.45) is 8.78. The Bertz CT molecular complexity index is 287. The van der Waals surface area contributed by atoms with E-state index in [1.165, 1.54) is 84.3 Å². The minimum Gasteiger partial charge on any atom is -0.316 e. The lowest BCUT2D eigenvalue weighted by atomic mass is 9.85. The SMILES string of the molecule is CCNCC1(CN2CCN(CC3CC3)CC2)CCCC1. The van der Waals surface area contributed by atoms with E-state index in [-0.39, 0.29) is 0 Å². The summed E-state index contributed by atoms with van der Waals surface area (Å²) in [5.41, 5.74) is 0.592. The van der Waals surface area contributed by atoms with Gasteiger partial charge in [-0.05, 0) is 43.6 Å². The smallest absolute Gasteiger partial charge is 0.0110 e. The Kier molecular flexibility index (Phi) is 5.00.